The van der Waals surface area contributed by atoms with E-state index in [9.17, 15) is 0 Å². The second kappa shape index (κ2) is 10.1. The zero-order valence-electron chi connectivity index (χ0n) is 25.3. The van der Waals surface area contributed by atoms with Gasteiger partial charge in [0.05, 0.1) is 22.1 Å². The molecule has 0 N–H and O–H groups in total. The molecule has 0 unspecified atom stereocenters. The highest BCUT2D eigenvalue weighted by Crippen LogP contribution is 2.37. The first-order valence-electron chi connectivity index (χ1n) is 15.9. The van der Waals surface area contributed by atoms with Gasteiger partial charge in [0.25, 0.3) is 0 Å². The molecule has 0 saturated carbocycles. The molecule has 3 heterocycles. The Morgan fingerprint density at radius 1 is 0.383 bits per heavy atom. The van der Waals surface area contributed by atoms with E-state index in [4.69, 9.17) is 9.40 Å². The van der Waals surface area contributed by atoms with E-state index in [2.05, 4.69) is 161 Å². The van der Waals surface area contributed by atoms with Crippen molar-refractivity contribution in [1.82, 2.24) is 14.1 Å². The Morgan fingerprint density at radius 3 is 1.70 bits per heavy atom. The van der Waals surface area contributed by atoms with Crippen LogP contribution in [-0.2, 0) is 0 Å². The number of furan rings is 1. The van der Waals surface area contributed by atoms with Crippen LogP contribution in [0, 0.1) is 0 Å². The maximum atomic E-state index is 6.33. The molecule has 0 aliphatic heterocycles. The molecule has 0 radical (unpaired) electrons. The number of hydrogen-bond acceptors (Lipinski definition) is 2. The van der Waals surface area contributed by atoms with E-state index in [1.807, 2.05) is 12.1 Å². The molecule has 4 heteroatoms. The van der Waals surface area contributed by atoms with Crippen LogP contribution >= 0.6 is 0 Å². The van der Waals surface area contributed by atoms with Gasteiger partial charge in [-0.15, -0.1) is 0 Å². The molecule has 0 spiro atoms. The molecule has 0 atom stereocenters. The minimum absolute atomic E-state index is 0.885. The molecule has 47 heavy (non-hydrogen) atoms. The summed E-state index contributed by atoms with van der Waals surface area (Å²) >= 11 is 0. The van der Waals surface area contributed by atoms with Gasteiger partial charge >= 0.3 is 0 Å². The molecule has 0 saturated heterocycles. The Bertz CT molecular complexity index is 2730. The number of hydrogen-bond donors (Lipinski definition) is 0. The third kappa shape index (κ3) is 3.98. The fraction of sp³-hybridized carbons (Fsp3) is 0. The van der Waals surface area contributed by atoms with E-state index < -0.39 is 0 Å². The first kappa shape index (κ1) is 25.9. The van der Waals surface area contributed by atoms with Crippen molar-refractivity contribution in [3.05, 3.63) is 164 Å². The van der Waals surface area contributed by atoms with Gasteiger partial charge in [0.2, 0.25) is 0 Å². The third-order valence-electron chi connectivity index (χ3n) is 9.34. The molecule has 10 rings (SSSR count). The maximum absolute atomic E-state index is 6.33. The first-order chi connectivity index (χ1) is 23.3. The normalized spacial score (nSPS) is 11.8. The highest BCUT2D eigenvalue weighted by Gasteiger charge is 2.16. The van der Waals surface area contributed by atoms with Crippen molar-refractivity contribution in [1.29, 1.82) is 0 Å². The lowest BCUT2D eigenvalue weighted by Gasteiger charge is -2.10. The molecule has 4 nitrogen and oxygen atoms in total. The quantitative estimate of drug-likeness (QED) is 0.201. The number of imidazole rings is 1. The topological polar surface area (TPSA) is 35.9 Å². The van der Waals surface area contributed by atoms with Gasteiger partial charge in [-0.2, -0.15) is 0 Å². The Balaban J connectivity index is 1.08. The van der Waals surface area contributed by atoms with Gasteiger partial charge in [-0.3, -0.25) is 4.57 Å². The monoisotopic (exact) mass is 601 g/mol. The maximum Gasteiger partial charge on any atom is 0.145 e. The summed E-state index contributed by atoms with van der Waals surface area (Å²) in [5, 5.41) is 4.72. The summed E-state index contributed by atoms with van der Waals surface area (Å²) in [6, 6.07) is 57.7. The summed E-state index contributed by atoms with van der Waals surface area (Å²) in [6.07, 6.45) is 0. The van der Waals surface area contributed by atoms with Crippen LogP contribution in [0.15, 0.2) is 168 Å². The highest BCUT2D eigenvalue weighted by atomic mass is 16.3. The van der Waals surface area contributed by atoms with Crippen molar-refractivity contribution >= 4 is 54.8 Å². The summed E-state index contributed by atoms with van der Waals surface area (Å²) in [5.74, 6) is 0.929. The smallest absolute Gasteiger partial charge is 0.145 e. The second-order valence-corrected chi connectivity index (χ2v) is 12.0. The van der Waals surface area contributed by atoms with Gasteiger partial charge < -0.3 is 8.98 Å². The number of rotatable bonds is 4. The van der Waals surface area contributed by atoms with E-state index in [1.165, 1.54) is 21.8 Å². The summed E-state index contributed by atoms with van der Waals surface area (Å²) < 4.78 is 10.9. The summed E-state index contributed by atoms with van der Waals surface area (Å²) in [5.41, 5.74) is 11.8. The Morgan fingerprint density at radius 2 is 0.957 bits per heavy atom. The zero-order valence-corrected chi connectivity index (χ0v) is 25.3. The van der Waals surface area contributed by atoms with Crippen LogP contribution in [0.2, 0.25) is 0 Å². The van der Waals surface area contributed by atoms with E-state index in [0.717, 1.165) is 66.9 Å². The largest absolute Gasteiger partial charge is 0.456 e. The molecule has 0 aliphatic rings. The average molecular weight is 602 g/mol. The number of fused-ring (bicyclic) bond motifs is 7. The van der Waals surface area contributed by atoms with Crippen LogP contribution in [0.5, 0.6) is 0 Å². The molecular formula is C43H27N3O. The van der Waals surface area contributed by atoms with Crippen LogP contribution in [0.1, 0.15) is 0 Å². The lowest BCUT2D eigenvalue weighted by atomic mass is 10.0. The lowest BCUT2D eigenvalue weighted by molar-refractivity contribution is 0.669. The van der Waals surface area contributed by atoms with Crippen molar-refractivity contribution in [3.63, 3.8) is 0 Å². The minimum atomic E-state index is 0.885. The van der Waals surface area contributed by atoms with E-state index in [-0.39, 0.29) is 0 Å². The molecule has 0 aliphatic carbocycles. The predicted octanol–water partition coefficient (Wildman–Crippen LogP) is 11.4. The molecule has 3 aromatic heterocycles. The van der Waals surface area contributed by atoms with Crippen LogP contribution in [0.4, 0.5) is 0 Å². The van der Waals surface area contributed by atoms with Crippen molar-refractivity contribution < 1.29 is 4.42 Å². The van der Waals surface area contributed by atoms with E-state index >= 15 is 0 Å². The summed E-state index contributed by atoms with van der Waals surface area (Å²) in [6.45, 7) is 0. The van der Waals surface area contributed by atoms with Crippen LogP contribution in [-0.4, -0.2) is 14.1 Å². The number of nitrogens with zero attached hydrogens (tertiary/aromatic N) is 3. The lowest BCUT2D eigenvalue weighted by Crippen LogP contribution is -1.97. The van der Waals surface area contributed by atoms with Gasteiger partial charge in [0, 0.05) is 38.5 Å². The van der Waals surface area contributed by atoms with Crippen molar-refractivity contribution in [2.24, 2.45) is 0 Å². The summed E-state index contributed by atoms with van der Waals surface area (Å²) in [4.78, 5) is 5.05. The van der Waals surface area contributed by atoms with Gasteiger partial charge in [0.15, 0.2) is 0 Å². The van der Waals surface area contributed by atoms with E-state index in [0.29, 0.717) is 0 Å². The van der Waals surface area contributed by atoms with E-state index in [1.54, 1.807) is 0 Å². The highest BCUT2D eigenvalue weighted by molar-refractivity contribution is 6.11. The molecule has 0 bridgehead atoms. The molecule has 10 aromatic rings. The van der Waals surface area contributed by atoms with Crippen molar-refractivity contribution in [3.8, 4) is 33.9 Å². The molecule has 0 amide bonds. The fourth-order valence-electron chi connectivity index (χ4n) is 7.15. The number of para-hydroxylation sites is 5. The zero-order chi connectivity index (χ0) is 30.9. The minimum Gasteiger partial charge on any atom is -0.456 e. The number of aromatic nitrogens is 3. The molecule has 0 fully saturated rings. The van der Waals surface area contributed by atoms with Gasteiger partial charge in [-0.05, 0) is 77.9 Å². The molecule has 7 aromatic carbocycles. The SMILES string of the molecule is c1ccc(-n2c(-c3ccc(-c4ccc5oc6ccc(-n7c8ccccc8c8ccccc87)cc6c5c4)cc3)nc3ccccc32)cc1. The van der Waals surface area contributed by atoms with Gasteiger partial charge in [-0.25, -0.2) is 4.98 Å². The second-order valence-electron chi connectivity index (χ2n) is 12.0. The van der Waals surface area contributed by atoms with Crippen LogP contribution in [0.25, 0.3) is 88.7 Å². The Kier molecular flexibility index (Phi) is 5.54. The first-order valence-corrected chi connectivity index (χ1v) is 15.9. The standard InChI is InChI=1S/C43H27N3O/c1-2-10-31(11-3-1)46-40-17-9-6-14-37(40)44-43(46)29-20-18-28(19-21-29)30-22-24-41-35(26-30)36-27-32(23-25-42(36)47-41)45-38-15-7-4-12-33(38)34-13-5-8-16-39(34)45/h1-27H. The Hall–Kier alpha value is -6.39. The predicted molar refractivity (Wildman–Crippen MR) is 194 cm³/mol. The Labute approximate surface area is 270 Å². The molecular weight excluding hydrogens is 574 g/mol. The van der Waals surface area contributed by atoms with Gasteiger partial charge in [-0.1, -0.05) is 97.1 Å². The summed E-state index contributed by atoms with van der Waals surface area (Å²) in [7, 11) is 0. The van der Waals surface area contributed by atoms with Crippen molar-refractivity contribution in [2.45, 2.75) is 0 Å². The molecule has 220 valence electrons. The van der Waals surface area contributed by atoms with Crippen molar-refractivity contribution in [2.75, 3.05) is 0 Å². The number of benzene rings is 7. The third-order valence-corrected chi connectivity index (χ3v) is 9.34. The fourth-order valence-corrected chi connectivity index (χ4v) is 7.15. The van der Waals surface area contributed by atoms with Crippen LogP contribution < -0.4 is 0 Å². The van der Waals surface area contributed by atoms with Crippen LogP contribution in [0.3, 0.4) is 0 Å². The van der Waals surface area contributed by atoms with Gasteiger partial charge in [0.1, 0.15) is 17.0 Å². The average Bonchev–Trinajstić information content (AvgIpc) is 3.81.